The van der Waals surface area contributed by atoms with Crippen molar-refractivity contribution in [3.8, 4) is 0 Å². The van der Waals surface area contributed by atoms with Crippen molar-refractivity contribution in [1.82, 2.24) is 19.9 Å². The quantitative estimate of drug-likeness (QED) is 0.557. The van der Waals surface area contributed by atoms with Gasteiger partial charge in [0.15, 0.2) is 0 Å². The zero-order valence-electron chi connectivity index (χ0n) is 14.4. The van der Waals surface area contributed by atoms with E-state index < -0.39 is 0 Å². The Morgan fingerprint density at radius 3 is 2.77 bits per heavy atom. The van der Waals surface area contributed by atoms with Crippen LogP contribution in [-0.4, -0.2) is 32.8 Å². The number of aromatic amines is 1. The van der Waals surface area contributed by atoms with E-state index in [9.17, 15) is 4.79 Å². The zero-order chi connectivity index (χ0) is 18.1. The van der Waals surface area contributed by atoms with Gasteiger partial charge in [0.1, 0.15) is 5.82 Å². The van der Waals surface area contributed by atoms with E-state index in [1.54, 1.807) is 11.9 Å². The maximum absolute atomic E-state index is 12.6. The standard InChI is InChI=1S/C20H19N5O/c1-25(12-18-23-16-7-2-3-8-17(16)24-18)19(26)11-14-10-9-13-5-4-6-15(21)20(13)22-14/h2-10H,11-12,21H2,1H3,(H,23,24). The number of pyridine rings is 1. The van der Waals surface area contributed by atoms with E-state index in [0.717, 1.165) is 27.8 Å². The van der Waals surface area contributed by atoms with Crippen LogP contribution in [0.3, 0.4) is 0 Å². The number of fused-ring (bicyclic) bond motifs is 2. The van der Waals surface area contributed by atoms with Gasteiger partial charge in [-0.2, -0.15) is 0 Å². The highest BCUT2D eigenvalue weighted by atomic mass is 16.2. The minimum Gasteiger partial charge on any atom is -0.397 e. The predicted molar refractivity (Wildman–Crippen MR) is 102 cm³/mol. The van der Waals surface area contributed by atoms with Crippen molar-refractivity contribution in [2.45, 2.75) is 13.0 Å². The van der Waals surface area contributed by atoms with E-state index in [4.69, 9.17) is 5.73 Å². The molecule has 0 unspecified atom stereocenters. The lowest BCUT2D eigenvalue weighted by molar-refractivity contribution is -0.129. The van der Waals surface area contributed by atoms with E-state index in [1.807, 2.05) is 54.6 Å². The van der Waals surface area contributed by atoms with Gasteiger partial charge in [-0.15, -0.1) is 0 Å². The van der Waals surface area contributed by atoms with Crippen molar-refractivity contribution < 1.29 is 4.79 Å². The van der Waals surface area contributed by atoms with Gasteiger partial charge >= 0.3 is 0 Å². The number of para-hydroxylation sites is 3. The first-order valence-corrected chi connectivity index (χ1v) is 8.42. The Labute approximate surface area is 150 Å². The number of hydrogen-bond donors (Lipinski definition) is 2. The third kappa shape index (κ3) is 3.09. The number of nitrogens with two attached hydrogens (primary N) is 1. The van der Waals surface area contributed by atoms with Gasteiger partial charge in [0.05, 0.1) is 40.9 Å². The molecule has 0 saturated heterocycles. The maximum atomic E-state index is 12.6. The lowest BCUT2D eigenvalue weighted by atomic mass is 10.1. The minimum atomic E-state index is -0.0215. The zero-order valence-corrected chi connectivity index (χ0v) is 14.4. The molecule has 0 saturated carbocycles. The molecule has 0 bridgehead atoms. The molecule has 2 aromatic heterocycles. The molecule has 0 fully saturated rings. The molecule has 2 heterocycles. The summed E-state index contributed by atoms with van der Waals surface area (Å²) in [6.07, 6.45) is 0.223. The van der Waals surface area contributed by atoms with Crippen LogP contribution in [0.25, 0.3) is 21.9 Å². The summed E-state index contributed by atoms with van der Waals surface area (Å²) in [6.45, 7) is 0.420. The fraction of sp³-hybridized carbons (Fsp3) is 0.150. The molecule has 26 heavy (non-hydrogen) atoms. The fourth-order valence-electron chi connectivity index (χ4n) is 2.99. The van der Waals surface area contributed by atoms with Crippen LogP contribution < -0.4 is 5.73 Å². The highest BCUT2D eigenvalue weighted by Crippen LogP contribution is 2.19. The number of rotatable bonds is 4. The molecule has 2 aromatic carbocycles. The number of nitrogens with one attached hydrogen (secondary N) is 1. The van der Waals surface area contributed by atoms with E-state index in [0.29, 0.717) is 17.9 Å². The number of H-pyrrole nitrogens is 1. The SMILES string of the molecule is CN(Cc1nc2ccccc2[nH]1)C(=O)Cc1ccc2cccc(N)c2n1. The smallest absolute Gasteiger partial charge is 0.228 e. The summed E-state index contributed by atoms with van der Waals surface area (Å²) in [4.78, 5) is 26.5. The van der Waals surface area contributed by atoms with E-state index >= 15 is 0 Å². The van der Waals surface area contributed by atoms with Gasteiger partial charge in [0, 0.05) is 12.4 Å². The summed E-state index contributed by atoms with van der Waals surface area (Å²) in [6, 6.07) is 17.3. The van der Waals surface area contributed by atoms with Crippen molar-refractivity contribution in [2.75, 3.05) is 12.8 Å². The van der Waals surface area contributed by atoms with Gasteiger partial charge in [-0.1, -0.05) is 30.3 Å². The number of aromatic nitrogens is 3. The normalized spacial score (nSPS) is 11.1. The Morgan fingerprint density at radius 2 is 1.92 bits per heavy atom. The minimum absolute atomic E-state index is 0.0215. The lowest BCUT2D eigenvalue weighted by Crippen LogP contribution is -2.28. The molecule has 1 amide bonds. The van der Waals surface area contributed by atoms with Crippen molar-refractivity contribution in [1.29, 1.82) is 0 Å². The number of nitrogen functional groups attached to an aromatic ring is 1. The van der Waals surface area contributed by atoms with Crippen molar-refractivity contribution in [3.63, 3.8) is 0 Å². The lowest BCUT2D eigenvalue weighted by Gasteiger charge is -2.15. The first kappa shape index (κ1) is 16.1. The summed E-state index contributed by atoms with van der Waals surface area (Å²) in [7, 11) is 1.77. The average Bonchev–Trinajstić information content (AvgIpc) is 3.04. The van der Waals surface area contributed by atoms with Crippen molar-refractivity contribution >= 4 is 33.5 Å². The number of benzene rings is 2. The molecular weight excluding hydrogens is 326 g/mol. The second kappa shape index (κ2) is 6.48. The van der Waals surface area contributed by atoms with Crippen LogP contribution in [0.2, 0.25) is 0 Å². The topological polar surface area (TPSA) is 87.9 Å². The van der Waals surface area contributed by atoms with Crippen molar-refractivity contribution in [3.05, 3.63) is 66.1 Å². The molecule has 4 aromatic rings. The van der Waals surface area contributed by atoms with Gasteiger partial charge in [0.2, 0.25) is 5.91 Å². The predicted octanol–water partition coefficient (Wildman–Crippen LogP) is 2.89. The van der Waals surface area contributed by atoms with Crippen LogP contribution >= 0.6 is 0 Å². The second-order valence-corrected chi connectivity index (χ2v) is 6.35. The Balaban J connectivity index is 1.49. The molecule has 0 aliphatic rings. The number of imidazole rings is 1. The average molecular weight is 345 g/mol. The number of carbonyl (C=O) groups excluding carboxylic acids is 1. The van der Waals surface area contributed by atoms with Gasteiger partial charge in [-0.25, -0.2) is 4.98 Å². The molecule has 0 spiro atoms. The molecule has 0 atom stereocenters. The monoisotopic (exact) mass is 345 g/mol. The Bertz CT molecular complexity index is 1070. The molecule has 4 rings (SSSR count). The summed E-state index contributed by atoms with van der Waals surface area (Å²) in [5.41, 5.74) is 9.91. The number of amides is 1. The molecule has 130 valence electrons. The van der Waals surface area contributed by atoms with Crippen molar-refractivity contribution in [2.24, 2.45) is 0 Å². The first-order valence-electron chi connectivity index (χ1n) is 8.42. The maximum Gasteiger partial charge on any atom is 0.228 e. The summed E-state index contributed by atoms with van der Waals surface area (Å²) in [5.74, 6) is 0.740. The third-order valence-corrected chi connectivity index (χ3v) is 4.39. The first-order chi connectivity index (χ1) is 12.6. The summed E-state index contributed by atoms with van der Waals surface area (Å²) >= 11 is 0. The third-order valence-electron chi connectivity index (χ3n) is 4.39. The number of hydrogen-bond acceptors (Lipinski definition) is 4. The van der Waals surface area contributed by atoms with Gasteiger partial charge < -0.3 is 15.6 Å². The van der Waals surface area contributed by atoms with Crippen LogP contribution in [0.15, 0.2) is 54.6 Å². The van der Waals surface area contributed by atoms with Crippen LogP contribution in [-0.2, 0) is 17.8 Å². The van der Waals surface area contributed by atoms with Crippen LogP contribution in [0.4, 0.5) is 5.69 Å². The second-order valence-electron chi connectivity index (χ2n) is 6.35. The van der Waals surface area contributed by atoms with E-state index in [-0.39, 0.29) is 12.3 Å². The van der Waals surface area contributed by atoms with Crippen LogP contribution in [0, 0.1) is 0 Å². The van der Waals surface area contributed by atoms with E-state index in [1.165, 1.54) is 0 Å². The highest BCUT2D eigenvalue weighted by molar-refractivity contribution is 5.89. The van der Waals surface area contributed by atoms with Gasteiger partial charge in [-0.3, -0.25) is 9.78 Å². The number of carbonyl (C=O) groups is 1. The molecule has 0 aliphatic carbocycles. The highest BCUT2D eigenvalue weighted by Gasteiger charge is 2.14. The molecule has 6 heteroatoms. The van der Waals surface area contributed by atoms with E-state index in [2.05, 4.69) is 15.0 Å². The van der Waals surface area contributed by atoms with Gasteiger partial charge in [-0.05, 0) is 24.3 Å². The number of nitrogens with zero attached hydrogens (tertiary/aromatic N) is 3. The molecule has 0 radical (unpaired) electrons. The molecule has 6 nitrogen and oxygen atoms in total. The molecular formula is C20H19N5O. The Hall–Kier alpha value is -3.41. The Kier molecular flexibility index (Phi) is 4.01. The fourth-order valence-corrected chi connectivity index (χ4v) is 2.99. The summed E-state index contributed by atoms with van der Waals surface area (Å²) in [5, 5.41) is 0.969. The van der Waals surface area contributed by atoms with Crippen LogP contribution in [0.1, 0.15) is 11.5 Å². The Morgan fingerprint density at radius 1 is 1.08 bits per heavy atom. The molecule has 3 N–H and O–H groups in total. The number of likely N-dealkylation sites (N-methyl/N-ethyl adjacent to an activating group) is 1. The van der Waals surface area contributed by atoms with Gasteiger partial charge in [0.25, 0.3) is 0 Å². The summed E-state index contributed by atoms with van der Waals surface area (Å²) < 4.78 is 0. The molecule has 0 aliphatic heterocycles. The number of anilines is 1. The largest absolute Gasteiger partial charge is 0.397 e. The van der Waals surface area contributed by atoms with Crippen LogP contribution in [0.5, 0.6) is 0 Å².